The molecule has 31 heavy (non-hydrogen) atoms. The van der Waals surface area contributed by atoms with Crippen LogP contribution in [0.15, 0.2) is 72.9 Å². The first kappa shape index (κ1) is 18.9. The van der Waals surface area contributed by atoms with E-state index in [4.69, 9.17) is 9.47 Å². The normalized spacial score (nSPS) is 11.3. The van der Waals surface area contributed by atoms with Gasteiger partial charge in [-0.25, -0.2) is 9.59 Å². The number of aromatic nitrogens is 2. The van der Waals surface area contributed by atoms with Crippen molar-refractivity contribution in [1.29, 1.82) is 0 Å². The molecule has 0 amide bonds. The molecule has 0 atom stereocenters. The Morgan fingerprint density at radius 3 is 2.26 bits per heavy atom. The summed E-state index contributed by atoms with van der Waals surface area (Å²) in [6, 6.07) is 21.9. The van der Waals surface area contributed by atoms with E-state index in [1.807, 2.05) is 42.5 Å². The molecule has 154 valence electrons. The molecule has 6 heteroatoms. The van der Waals surface area contributed by atoms with Crippen LogP contribution in [0.25, 0.3) is 27.3 Å². The molecule has 5 rings (SSSR count). The van der Waals surface area contributed by atoms with Gasteiger partial charge in [-0.15, -0.1) is 0 Å². The van der Waals surface area contributed by atoms with Crippen molar-refractivity contribution in [3.05, 3.63) is 89.7 Å². The molecule has 0 fully saturated rings. The minimum Gasteiger partial charge on any atom is -0.465 e. The number of esters is 2. The van der Waals surface area contributed by atoms with Crippen LogP contribution in [0.3, 0.4) is 0 Å². The van der Waals surface area contributed by atoms with Gasteiger partial charge in [0.1, 0.15) is 5.69 Å². The third-order valence-electron chi connectivity index (χ3n) is 5.61. The molecular weight excluding hydrogens is 392 g/mol. The molecule has 2 aromatic carbocycles. The minimum absolute atomic E-state index is 0.350. The Hall–Kier alpha value is -4.06. The highest BCUT2D eigenvalue weighted by Crippen LogP contribution is 2.34. The van der Waals surface area contributed by atoms with Crippen molar-refractivity contribution in [3.8, 4) is 0 Å². The summed E-state index contributed by atoms with van der Waals surface area (Å²) in [4.78, 5) is 24.8. The van der Waals surface area contributed by atoms with E-state index in [9.17, 15) is 9.59 Å². The molecule has 0 saturated carbocycles. The van der Waals surface area contributed by atoms with Crippen LogP contribution in [0.2, 0.25) is 0 Å². The number of para-hydroxylation sites is 1. The van der Waals surface area contributed by atoms with Gasteiger partial charge < -0.3 is 18.4 Å². The maximum absolute atomic E-state index is 12.6. The van der Waals surface area contributed by atoms with Gasteiger partial charge in [0.2, 0.25) is 0 Å². The van der Waals surface area contributed by atoms with E-state index in [1.54, 1.807) is 16.7 Å². The lowest BCUT2D eigenvalue weighted by Crippen LogP contribution is -2.08. The fourth-order valence-corrected chi connectivity index (χ4v) is 4.22. The van der Waals surface area contributed by atoms with Crippen LogP contribution in [0.1, 0.15) is 26.4 Å². The van der Waals surface area contributed by atoms with E-state index in [0.717, 1.165) is 32.9 Å². The van der Waals surface area contributed by atoms with Crippen molar-refractivity contribution in [3.63, 3.8) is 0 Å². The van der Waals surface area contributed by atoms with Crippen molar-refractivity contribution >= 4 is 39.3 Å². The molecule has 0 bridgehead atoms. The molecule has 0 spiro atoms. The van der Waals surface area contributed by atoms with Crippen molar-refractivity contribution < 1.29 is 19.1 Å². The first-order chi connectivity index (χ1) is 15.1. The van der Waals surface area contributed by atoms with Crippen LogP contribution in [-0.4, -0.2) is 35.1 Å². The highest BCUT2D eigenvalue weighted by molar-refractivity contribution is 6.15. The number of benzene rings is 2. The fraction of sp³-hybridized carbons (Fsp3) is 0.120. The maximum Gasteiger partial charge on any atom is 0.355 e. The third kappa shape index (κ3) is 2.95. The smallest absolute Gasteiger partial charge is 0.355 e. The third-order valence-corrected chi connectivity index (χ3v) is 5.61. The van der Waals surface area contributed by atoms with E-state index >= 15 is 0 Å². The molecule has 6 nitrogen and oxygen atoms in total. The van der Waals surface area contributed by atoms with Crippen molar-refractivity contribution in [2.24, 2.45) is 0 Å². The molecule has 0 N–H and O–H groups in total. The van der Waals surface area contributed by atoms with E-state index in [2.05, 4.69) is 22.8 Å². The number of ether oxygens (including phenoxy) is 2. The van der Waals surface area contributed by atoms with Crippen LogP contribution in [0.4, 0.5) is 0 Å². The zero-order valence-electron chi connectivity index (χ0n) is 17.2. The summed E-state index contributed by atoms with van der Waals surface area (Å²) >= 11 is 0. The van der Waals surface area contributed by atoms with Crippen LogP contribution >= 0.6 is 0 Å². The van der Waals surface area contributed by atoms with Crippen molar-refractivity contribution in [2.45, 2.75) is 6.54 Å². The zero-order valence-corrected chi connectivity index (χ0v) is 17.2. The Morgan fingerprint density at radius 2 is 1.52 bits per heavy atom. The Balaban J connectivity index is 1.92. The molecule has 3 aromatic heterocycles. The van der Waals surface area contributed by atoms with E-state index in [0.29, 0.717) is 17.8 Å². The summed E-state index contributed by atoms with van der Waals surface area (Å²) in [6.45, 7) is 0.650. The summed E-state index contributed by atoms with van der Waals surface area (Å²) in [5.41, 5.74) is 4.60. The Kier molecular flexibility index (Phi) is 4.47. The fourth-order valence-electron chi connectivity index (χ4n) is 4.22. The summed E-state index contributed by atoms with van der Waals surface area (Å²) in [5, 5.41) is 1.95. The van der Waals surface area contributed by atoms with Crippen molar-refractivity contribution in [2.75, 3.05) is 14.2 Å². The largest absolute Gasteiger partial charge is 0.465 e. The second-order valence-electron chi connectivity index (χ2n) is 7.35. The molecule has 0 aliphatic carbocycles. The standard InChI is InChI=1S/C25H20N2O4/c1-30-24(28)17-12-21-23-19(13-22(25(29)31-2)26(21)15-17)18-10-6-7-11-20(18)27(23)14-16-8-4-3-5-9-16/h3-13,15H,14H2,1-2H3. The summed E-state index contributed by atoms with van der Waals surface area (Å²) in [5.74, 6) is -0.933. The Labute approximate surface area is 178 Å². The molecule has 0 saturated heterocycles. The second-order valence-corrected chi connectivity index (χ2v) is 7.35. The lowest BCUT2D eigenvalue weighted by molar-refractivity contribution is 0.0583. The first-order valence-electron chi connectivity index (χ1n) is 9.89. The number of pyridine rings is 1. The molecule has 5 aromatic rings. The predicted octanol–water partition coefficient (Wildman–Crippen LogP) is 4.67. The van der Waals surface area contributed by atoms with Gasteiger partial charge in [0.25, 0.3) is 0 Å². The maximum atomic E-state index is 12.6. The number of hydrogen-bond donors (Lipinski definition) is 0. The molecule has 3 heterocycles. The van der Waals surface area contributed by atoms with Gasteiger partial charge in [0, 0.05) is 29.0 Å². The number of rotatable bonds is 4. The average molecular weight is 412 g/mol. The van der Waals surface area contributed by atoms with Gasteiger partial charge in [-0.3, -0.25) is 0 Å². The van der Waals surface area contributed by atoms with Crippen LogP contribution in [-0.2, 0) is 16.0 Å². The second kappa shape index (κ2) is 7.32. The minimum atomic E-state index is -0.473. The SMILES string of the molecule is COC(=O)c1cc2c3c(cc(C(=O)OC)n2c1)c1ccccc1n3Cc1ccccc1. The number of nitrogens with zero attached hydrogens (tertiary/aromatic N) is 2. The molecular formula is C25H20N2O4. The lowest BCUT2D eigenvalue weighted by Gasteiger charge is -2.11. The number of fused-ring (bicyclic) bond motifs is 5. The van der Waals surface area contributed by atoms with Gasteiger partial charge in [-0.1, -0.05) is 48.5 Å². The highest BCUT2D eigenvalue weighted by Gasteiger charge is 2.22. The predicted molar refractivity (Wildman–Crippen MR) is 119 cm³/mol. The number of hydrogen-bond acceptors (Lipinski definition) is 4. The Bertz CT molecular complexity index is 1460. The van der Waals surface area contributed by atoms with Gasteiger partial charge >= 0.3 is 11.9 Å². The summed E-state index contributed by atoms with van der Waals surface area (Å²) in [6.07, 6.45) is 1.62. The van der Waals surface area contributed by atoms with Gasteiger partial charge in [0.05, 0.1) is 30.8 Å². The van der Waals surface area contributed by atoms with Crippen LogP contribution < -0.4 is 0 Å². The van der Waals surface area contributed by atoms with E-state index in [-0.39, 0.29) is 0 Å². The summed E-state index contributed by atoms with van der Waals surface area (Å²) < 4.78 is 13.9. The highest BCUT2D eigenvalue weighted by atomic mass is 16.5. The number of carbonyl (C=O) groups is 2. The monoisotopic (exact) mass is 412 g/mol. The van der Waals surface area contributed by atoms with E-state index in [1.165, 1.54) is 14.2 Å². The number of carbonyl (C=O) groups excluding carboxylic acids is 2. The van der Waals surface area contributed by atoms with Gasteiger partial charge in [-0.2, -0.15) is 0 Å². The van der Waals surface area contributed by atoms with Crippen molar-refractivity contribution in [1.82, 2.24) is 8.97 Å². The molecule has 0 radical (unpaired) electrons. The molecule has 0 unspecified atom stereocenters. The first-order valence-corrected chi connectivity index (χ1v) is 9.89. The summed E-state index contributed by atoms with van der Waals surface area (Å²) in [7, 11) is 2.69. The molecule has 0 aliphatic rings. The zero-order chi connectivity index (χ0) is 21.5. The number of methoxy groups -OCH3 is 2. The topological polar surface area (TPSA) is 61.9 Å². The van der Waals surface area contributed by atoms with Gasteiger partial charge in [-0.05, 0) is 23.8 Å². The van der Waals surface area contributed by atoms with Gasteiger partial charge in [0.15, 0.2) is 0 Å². The average Bonchev–Trinajstić information content (AvgIpc) is 3.38. The molecule has 0 aliphatic heterocycles. The van der Waals surface area contributed by atoms with E-state index < -0.39 is 11.9 Å². The van der Waals surface area contributed by atoms with Crippen LogP contribution in [0.5, 0.6) is 0 Å². The Morgan fingerprint density at radius 1 is 0.806 bits per heavy atom. The lowest BCUT2D eigenvalue weighted by atomic mass is 10.1. The quantitative estimate of drug-likeness (QED) is 0.403. The van der Waals surface area contributed by atoms with Crippen LogP contribution in [0, 0.1) is 0 Å².